The molecule has 0 saturated heterocycles. The van der Waals surface area contributed by atoms with Crippen LogP contribution in [0.25, 0.3) is 0 Å². The first kappa shape index (κ1) is 15.1. The van der Waals surface area contributed by atoms with E-state index in [2.05, 4.69) is 61.2 Å². The Kier molecular flexibility index (Phi) is 5.27. The summed E-state index contributed by atoms with van der Waals surface area (Å²) in [6, 6.07) is 10.7. The highest BCUT2D eigenvalue weighted by Crippen LogP contribution is 2.22. The van der Waals surface area contributed by atoms with Crippen LogP contribution in [-0.2, 0) is 6.54 Å². The monoisotopic (exact) mass is 290 g/mol. The molecule has 0 bridgehead atoms. The smallest absolute Gasteiger partial charge is 0.0470 e. The van der Waals surface area contributed by atoms with E-state index in [-0.39, 0.29) is 0 Å². The van der Waals surface area contributed by atoms with E-state index in [9.17, 15) is 0 Å². The molecular weight excluding hydrogens is 268 g/mol. The van der Waals surface area contributed by atoms with Crippen LogP contribution in [0.4, 0.5) is 0 Å². The topological polar surface area (TPSA) is 17.0 Å². The molecule has 0 saturated carbocycles. The van der Waals surface area contributed by atoms with Gasteiger partial charge in [0, 0.05) is 30.0 Å². The van der Waals surface area contributed by atoms with Gasteiger partial charge < -0.3 is 9.88 Å². The minimum Gasteiger partial charge on any atom is -0.350 e. The van der Waals surface area contributed by atoms with Crippen molar-refractivity contribution in [3.63, 3.8) is 0 Å². The first-order valence-electron chi connectivity index (χ1n) is 7.23. The molecule has 2 nitrogen and oxygen atoms in total. The van der Waals surface area contributed by atoms with Crippen molar-refractivity contribution in [1.29, 1.82) is 0 Å². The van der Waals surface area contributed by atoms with E-state index in [0.717, 1.165) is 18.1 Å². The summed E-state index contributed by atoms with van der Waals surface area (Å²) in [5.41, 5.74) is 2.62. The molecular formula is C17H23ClN2. The Morgan fingerprint density at radius 1 is 1.15 bits per heavy atom. The maximum atomic E-state index is 5.91. The van der Waals surface area contributed by atoms with E-state index in [1.54, 1.807) is 0 Å². The van der Waals surface area contributed by atoms with Gasteiger partial charge in [-0.3, -0.25) is 0 Å². The summed E-state index contributed by atoms with van der Waals surface area (Å²) >= 11 is 5.91. The van der Waals surface area contributed by atoms with Gasteiger partial charge in [-0.05, 0) is 41.8 Å². The van der Waals surface area contributed by atoms with E-state index < -0.39 is 0 Å². The van der Waals surface area contributed by atoms with E-state index in [1.165, 1.54) is 11.1 Å². The molecule has 1 atom stereocenters. The fraction of sp³-hybridized carbons (Fsp3) is 0.412. The molecule has 0 fully saturated rings. The van der Waals surface area contributed by atoms with Crippen molar-refractivity contribution < 1.29 is 0 Å². The van der Waals surface area contributed by atoms with E-state index >= 15 is 0 Å². The molecule has 0 amide bonds. The molecule has 2 aromatic rings. The molecule has 1 unspecified atom stereocenters. The van der Waals surface area contributed by atoms with Crippen LogP contribution in [0.1, 0.15) is 37.9 Å². The Morgan fingerprint density at radius 2 is 1.85 bits per heavy atom. The molecule has 0 aliphatic rings. The van der Waals surface area contributed by atoms with Gasteiger partial charge in [0.2, 0.25) is 0 Å². The van der Waals surface area contributed by atoms with Gasteiger partial charge in [0.1, 0.15) is 0 Å². The molecule has 0 aliphatic heterocycles. The lowest BCUT2D eigenvalue weighted by Gasteiger charge is -2.20. The summed E-state index contributed by atoms with van der Waals surface area (Å²) in [6.07, 6.45) is 4.39. The molecule has 1 N–H and O–H groups in total. The first-order valence-corrected chi connectivity index (χ1v) is 7.61. The summed E-state index contributed by atoms with van der Waals surface area (Å²) in [7, 11) is 0. The van der Waals surface area contributed by atoms with Gasteiger partial charge in [-0.2, -0.15) is 0 Å². The van der Waals surface area contributed by atoms with Crippen molar-refractivity contribution in [2.75, 3.05) is 6.54 Å². The van der Waals surface area contributed by atoms with E-state index in [0.29, 0.717) is 12.0 Å². The molecule has 0 radical (unpaired) electrons. The molecule has 0 spiro atoms. The molecule has 1 heterocycles. The number of rotatable bonds is 6. The SMILES string of the molecule is CCNC(c1ccn(Cc2ccc(Cl)cc2)c1)C(C)C. The van der Waals surface area contributed by atoms with Gasteiger partial charge in [-0.15, -0.1) is 0 Å². The second-order valence-electron chi connectivity index (χ2n) is 5.52. The van der Waals surface area contributed by atoms with Crippen LogP contribution < -0.4 is 5.32 Å². The van der Waals surface area contributed by atoms with Gasteiger partial charge in [0.15, 0.2) is 0 Å². The predicted molar refractivity (Wildman–Crippen MR) is 86.2 cm³/mol. The van der Waals surface area contributed by atoms with Crippen molar-refractivity contribution in [2.45, 2.75) is 33.4 Å². The first-order chi connectivity index (χ1) is 9.60. The maximum Gasteiger partial charge on any atom is 0.0470 e. The van der Waals surface area contributed by atoms with Gasteiger partial charge in [-0.1, -0.05) is 44.5 Å². The Hall–Kier alpha value is -1.25. The maximum absolute atomic E-state index is 5.91. The van der Waals surface area contributed by atoms with Gasteiger partial charge in [0.25, 0.3) is 0 Å². The molecule has 1 aromatic heterocycles. The summed E-state index contributed by atoms with van der Waals surface area (Å²) in [4.78, 5) is 0. The van der Waals surface area contributed by atoms with Crippen molar-refractivity contribution in [3.8, 4) is 0 Å². The minimum absolute atomic E-state index is 0.423. The molecule has 2 rings (SSSR count). The van der Waals surface area contributed by atoms with E-state index in [1.807, 2.05) is 12.1 Å². The third-order valence-electron chi connectivity index (χ3n) is 3.50. The van der Waals surface area contributed by atoms with Crippen LogP contribution in [0.5, 0.6) is 0 Å². The average Bonchev–Trinajstić information content (AvgIpc) is 2.86. The molecule has 108 valence electrons. The summed E-state index contributed by atoms with van der Waals surface area (Å²) in [5, 5.41) is 4.34. The third kappa shape index (κ3) is 3.87. The van der Waals surface area contributed by atoms with Crippen LogP contribution in [0, 0.1) is 5.92 Å². The highest BCUT2D eigenvalue weighted by molar-refractivity contribution is 6.30. The van der Waals surface area contributed by atoms with Crippen molar-refractivity contribution >= 4 is 11.6 Å². The average molecular weight is 291 g/mol. The minimum atomic E-state index is 0.423. The zero-order chi connectivity index (χ0) is 14.5. The fourth-order valence-corrected chi connectivity index (χ4v) is 2.63. The second kappa shape index (κ2) is 6.96. The lowest BCUT2D eigenvalue weighted by Crippen LogP contribution is -2.25. The molecule has 3 heteroatoms. The van der Waals surface area contributed by atoms with Gasteiger partial charge in [-0.25, -0.2) is 0 Å². The predicted octanol–water partition coefficient (Wildman–Crippen LogP) is 4.50. The number of nitrogens with zero attached hydrogens (tertiary/aromatic N) is 1. The van der Waals surface area contributed by atoms with Crippen molar-refractivity contribution in [2.24, 2.45) is 5.92 Å². The summed E-state index contributed by atoms with van der Waals surface area (Å²) < 4.78 is 2.23. The van der Waals surface area contributed by atoms with Crippen LogP contribution >= 0.6 is 11.6 Å². The number of nitrogens with one attached hydrogen (secondary N) is 1. The lowest BCUT2D eigenvalue weighted by atomic mass is 9.98. The standard InChI is InChI=1S/C17H23ClN2/c1-4-19-17(13(2)3)15-9-10-20(12-15)11-14-5-7-16(18)8-6-14/h5-10,12-13,17,19H,4,11H2,1-3H3. The van der Waals surface area contributed by atoms with Crippen LogP contribution in [0.2, 0.25) is 5.02 Å². The van der Waals surface area contributed by atoms with Gasteiger partial charge >= 0.3 is 0 Å². The number of halogens is 1. The quantitative estimate of drug-likeness (QED) is 0.829. The number of benzene rings is 1. The highest BCUT2D eigenvalue weighted by Gasteiger charge is 2.15. The molecule has 0 aliphatic carbocycles. The zero-order valence-corrected chi connectivity index (χ0v) is 13.2. The number of hydrogen-bond acceptors (Lipinski definition) is 1. The normalized spacial score (nSPS) is 12.8. The van der Waals surface area contributed by atoms with Gasteiger partial charge in [0.05, 0.1) is 0 Å². The van der Waals surface area contributed by atoms with Crippen LogP contribution in [-0.4, -0.2) is 11.1 Å². The molecule has 20 heavy (non-hydrogen) atoms. The third-order valence-corrected chi connectivity index (χ3v) is 3.75. The largest absolute Gasteiger partial charge is 0.350 e. The second-order valence-corrected chi connectivity index (χ2v) is 5.96. The van der Waals surface area contributed by atoms with Crippen molar-refractivity contribution in [1.82, 2.24) is 9.88 Å². The summed E-state index contributed by atoms with van der Waals surface area (Å²) in [5.74, 6) is 0.585. The Balaban J connectivity index is 2.09. The van der Waals surface area contributed by atoms with Crippen LogP contribution in [0.15, 0.2) is 42.7 Å². The molecule has 1 aromatic carbocycles. The number of aromatic nitrogens is 1. The van der Waals surface area contributed by atoms with Crippen LogP contribution in [0.3, 0.4) is 0 Å². The Labute approximate surface area is 126 Å². The lowest BCUT2D eigenvalue weighted by molar-refractivity contribution is 0.421. The van der Waals surface area contributed by atoms with E-state index in [4.69, 9.17) is 11.6 Å². The highest BCUT2D eigenvalue weighted by atomic mass is 35.5. The Bertz CT molecular complexity index is 528. The van der Waals surface area contributed by atoms with Crippen molar-refractivity contribution in [3.05, 3.63) is 58.9 Å². The fourth-order valence-electron chi connectivity index (χ4n) is 2.50. The summed E-state index contributed by atoms with van der Waals surface area (Å²) in [6.45, 7) is 8.53. The zero-order valence-electron chi connectivity index (χ0n) is 12.4. The Morgan fingerprint density at radius 3 is 2.45 bits per heavy atom. The number of hydrogen-bond donors (Lipinski definition) is 1.